The van der Waals surface area contributed by atoms with Crippen LogP contribution in [0.15, 0.2) is 48.0 Å². The van der Waals surface area contributed by atoms with Crippen molar-refractivity contribution in [1.29, 1.82) is 5.26 Å². The average molecular weight is 324 g/mol. The van der Waals surface area contributed by atoms with Crippen LogP contribution >= 0.6 is 0 Å². The molecule has 6 nitrogen and oxygen atoms in total. The summed E-state index contributed by atoms with van der Waals surface area (Å²) in [5.74, 6) is -2.37. The van der Waals surface area contributed by atoms with Gasteiger partial charge in [-0.1, -0.05) is 30.3 Å². The molecule has 0 saturated heterocycles. The molecule has 6 heteroatoms. The number of benzene rings is 2. The minimum absolute atomic E-state index is 0.0556. The van der Waals surface area contributed by atoms with Crippen LogP contribution < -0.4 is 5.32 Å². The summed E-state index contributed by atoms with van der Waals surface area (Å²) in [6.45, 7) is 0.356. The molecule has 0 radical (unpaired) electrons. The number of hydrogen-bond donors (Lipinski definition) is 4. The standard InChI is InChI=1S/C18H16N2O4/c19-11-14(10-13-6-7-15(21)17(23)16(13)22)18(24)20-9-8-12-4-2-1-3-5-12/h1-7,10,21-23H,8-9H2,(H,20,24). The molecule has 0 heterocycles. The van der Waals surface area contributed by atoms with Crippen LogP contribution in [0.3, 0.4) is 0 Å². The van der Waals surface area contributed by atoms with Crippen LogP contribution in [0.5, 0.6) is 17.2 Å². The molecule has 2 aromatic carbocycles. The van der Waals surface area contributed by atoms with Crippen molar-refractivity contribution in [2.24, 2.45) is 0 Å². The van der Waals surface area contributed by atoms with Crippen molar-refractivity contribution in [3.05, 3.63) is 59.2 Å². The van der Waals surface area contributed by atoms with Crippen molar-refractivity contribution in [1.82, 2.24) is 5.32 Å². The van der Waals surface area contributed by atoms with Crippen molar-refractivity contribution < 1.29 is 20.1 Å². The van der Waals surface area contributed by atoms with Gasteiger partial charge in [0, 0.05) is 12.1 Å². The van der Waals surface area contributed by atoms with E-state index in [4.69, 9.17) is 5.26 Å². The zero-order valence-electron chi connectivity index (χ0n) is 12.7. The van der Waals surface area contributed by atoms with Gasteiger partial charge in [0.25, 0.3) is 5.91 Å². The zero-order chi connectivity index (χ0) is 17.5. The van der Waals surface area contributed by atoms with E-state index in [9.17, 15) is 20.1 Å². The SMILES string of the molecule is N#CC(=Cc1ccc(O)c(O)c1O)C(=O)NCCc1ccccc1. The third-order valence-electron chi connectivity index (χ3n) is 3.37. The molecule has 2 rings (SSSR count). The van der Waals surface area contributed by atoms with Gasteiger partial charge >= 0.3 is 0 Å². The fourth-order valence-electron chi connectivity index (χ4n) is 2.07. The summed E-state index contributed by atoms with van der Waals surface area (Å²) in [7, 11) is 0. The average Bonchev–Trinajstić information content (AvgIpc) is 2.60. The molecule has 0 unspecified atom stereocenters. The van der Waals surface area contributed by atoms with E-state index in [1.54, 1.807) is 6.07 Å². The fourth-order valence-corrected chi connectivity index (χ4v) is 2.07. The lowest BCUT2D eigenvalue weighted by Crippen LogP contribution is -2.26. The van der Waals surface area contributed by atoms with Crippen LogP contribution in [0.2, 0.25) is 0 Å². The lowest BCUT2D eigenvalue weighted by atomic mass is 10.1. The van der Waals surface area contributed by atoms with Crippen LogP contribution in [0.25, 0.3) is 6.08 Å². The largest absolute Gasteiger partial charge is 0.504 e. The number of nitrogens with zero attached hydrogens (tertiary/aromatic N) is 1. The predicted molar refractivity (Wildman–Crippen MR) is 88.2 cm³/mol. The van der Waals surface area contributed by atoms with Gasteiger partial charge < -0.3 is 20.6 Å². The first-order chi connectivity index (χ1) is 11.5. The highest BCUT2D eigenvalue weighted by Crippen LogP contribution is 2.37. The highest BCUT2D eigenvalue weighted by molar-refractivity contribution is 6.02. The van der Waals surface area contributed by atoms with Crippen LogP contribution in [-0.4, -0.2) is 27.8 Å². The van der Waals surface area contributed by atoms with Gasteiger partial charge in [0.1, 0.15) is 11.6 Å². The lowest BCUT2D eigenvalue weighted by molar-refractivity contribution is -0.117. The summed E-state index contributed by atoms with van der Waals surface area (Å²) in [5.41, 5.74) is 0.893. The van der Waals surface area contributed by atoms with E-state index in [0.717, 1.165) is 17.7 Å². The zero-order valence-corrected chi connectivity index (χ0v) is 12.7. The van der Waals surface area contributed by atoms with Gasteiger partial charge in [-0.15, -0.1) is 0 Å². The quantitative estimate of drug-likeness (QED) is 0.382. The van der Waals surface area contributed by atoms with Gasteiger partial charge in [0.05, 0.1) is 0 Å². The highest BCUT2D eigenvalue weighted by Gasteiger charge is 2.13. The first-order valence-corrected chi connectivity index (χ1v) is 7.20. The molecule has 0 aliphatic heterocycles. The third kappa shape index (κ3) is 4.05. The highest BCUT2D eigenvalue weighted by atomic mass is 16.3. The maximum atomic E-state index is 12.0. The molecule has 0 aliphatic carbocycles. The molecule has 0 aromatic heterocycles. The van der Waals surface area contributed by atoms with E-state index in [1.165, 1.54) is 6.07 Å². The van der Waals surface area contributed by atoms with E-state index in [0.29, 0.717) is 13.0 Å². The summed E-state index contributed by atoms with van der Waals surface area (Å²) in [4.78, 5) is 12.0. The first-order valence-electron chi connectivity index (χ1n) is 7.20. The monoisotopic (exact) mass is 324 g/mol. The molecular weight excluding hydrogens is 308 g/mol. The van der Waals surface area contributed by atoms with Gasteiger partial charge in [0.15, 0.2) is 11.5 Å². The molecular formula is C18H16N2O4. The number of phenolic OH excluding ortho intramolecular Hbond substituents is 3. The molecule has 2 aromatic rings. The van der Waals surface area contributed by atoms with Crippen LogP contribution in [-0.2, 0) is 11.2 Å². The Morgan fingerprint density at radius 1 is 1.08 bits per heavy atom. The van der Waals surface area contributed by atoms with Gasteiger partial charge in [0.2, 0.25) is 5.75 Å². The minimum Gasteiger partial charge on any atom is -0.504 e. The van der Waals surface area contributed by atoms with Crippen LogP contribution in [0.4, 0.5) is 0 Å². The molecule has 0 saturated carbocycles. The molecule has 0 bridgehead atoms. The first kappa shape index (κ1) is 16.9. The molecule has 1 amide bonds. The Balaban J connectivity index is 2.06. The molecule has 0 fully saturated rings. The van der Waals surface area contributed by atoms with Gasteiger partial charge in [-0.3, -0.25) is 4.79 Å². The van der Waals surface area contributed by atoms with E-state index in [2.05, 4.69) is 5.32 Å². The molecule has 0 aliphatic rings. The maximum Gasteiger partial charge on any atom is 0.261 e. The Labute approximate surface area is 138 Å². The number of nitriles is 1. The maximum absolute atomic E-state index is 12.0. The Morgan fingerprint density at radius 2 is 1.79 bits per heavy atom. The molecule has 0 spiro atoms. The second-order valence-corrected chi connectivity index (χ2v) is 5.03. The van der Waals surface area contributed by atoms with Crippen molar-refractivity contribution in [2.45, 2.75) is 6.42 Å². The van der Waals surface area contributed by atoms with Crippen molar-refractivity contribution in [3.63, 3.8) is 0 Å². The summed E-state index contributed by atoms with van der Waals surface area (Å²) in [5, 5.41) is 40.2. The fraction of sp³-hybridized carbons (Fsp3) is 0.111. The summed E-state index contributed by atoms with van der Waals surface area (Å²) >= 11 is 0. The second-order valence-electron chi connectivity index (χ2n) is 5.03. The van der Waals surface area contributed by atoms with E-state index < -0.39 is 23.2 Å². The van der Waals surface area contributed by atoms with Crippen LogP contribution in [0, 0.1) is 11.3 Å². The Morgan fingerprint density at radius 3 is 2.46 bits per heavy atom. The topological polar surface area (TPSA) is 114 Å². The number of aromatic hydroxyl groups is 3. The van der Waals surface area contributed by atoms with Crippen molar-refractivity contribution in [2.75, 3.05) is 6.54 Å². The van der Waals surface area contributed by atoms with Gasteiger partial charge in [-0.25, -0.2) is 0 Å². The number of nitrogens with one attached hydrogen (secondary N) is 1. The van der Waals surface area contributed by atoms with Gasteiger partial charge in [-0.2, -0.15) is 5.26 Å². The molecule has 122 valence electrons. The molecule has 0 atom stereocenters. The van der Waals surface area contributed by atoms with E-state index in [-0.39, 0.29) is 11.1 Å². The van der Waals surface area contributed by atoms with Crippen LogP contribution in [0.1, 0.15) is 11.1 Å². The minimum atomic E-state index is -0.703. The molecule has 4 N–H and O–H groups in total. The predicted octanol–water partition coefficient (Wildman–Crippen LogP) is 2.07. The van der Waals surface area contributed by atoms with Crippen molar-refractivity contribution >= 4 is 12.0 Å². The third-order valence-corrected chi connectivity index (χ3v) is 3.37. The smallest absolute Gasteiger partial charge is 0.261 e. The number of carbonyl (C=O) groups is 1. The van der Waals surface area contributed by atoms with E-state index in [1.807, 2.05) is 30.3 Å². The second kappa shape index (κ2) is 7.70. The summed E-state index contributed by atoms with van der Waals surface area (Å²) in [6.07, 6.45) is 1.77. The summed E-state index contributed by atoms with van der Waals surface area (Å²) < 4.78 is 0. The molecule has 24 heavy (non-hydrogen) atoms. The Hall–Kier alpha value is -3.46. The number of carbonyl (C=O) groups excluding carboxylic acids is 1. The number of rotatable bonds is 5. The van der Waals surface area contributed by atoms with Gasteiger partial charge in [-0.05, 0) is 30.2 Å². The normalized spacial score (nSPS) is 10.9. The number of amides is 1. The lowest BCUT2D eigenvalue weighted by Gasteiger charge is -2.06. The van der Waals surface area contributed by atoms with Crippen molar-refractivity contribution in [3.8, 4) is 23.3 Å². The summed E-state index contributed by atoms with van der Waals surface area (Å²) in [6, 6.07) is 13.8. The van der Waals surface area contributed by atoms with E-state index >= 15 is 0 Å². The number of hydrogen-bond acceptors (Lipinski definition) is 5. The Kier molecular flexibility index (Phi) is 5.42. The number of phenols is 3. The Bertz CT molecular complexity index is 808.